The molecule has 1 aromatic rings. The zero-order chi connectivity index (χ0) is 12.4. The summed E-state index contributed by atoms with van der Waals surface area (Å²) in [5.41, 5.74) is 6.03. The van der Waals surface area contributed by atoms with Crippen LogP contribution in [0.2, 0.25) is 0 Å². The summed E-state index contributed by atoms with van der Waals surface area (Å²) in [6, 6.07) is 23.3. The van der Waals surface area contributed by atoms with E-state index in [1.807, 2.05) is 0 Å². The molecule has 0 saturated heterocycles. The Morgan fingerprint density at radius 1 is 0.667 bits per heavy atom. The van der Waals surface area contributed by atoms with Crippen LogP contribution in [0.5, 0.6) is 0 Å². The molecular formula is C17H15N. The van der Waals surface area contributed by atoms with Crippen LogP contribution < -0.4 is 5.32 Å². The smallest absolute Gasteiger partial charge is 0.0390 e. The lowest BCUT2D eigenvalue weighted by molar-refractivity contribution is 1.46. The van der Waals surface area contributed by atoms with Gasteiger partial charge < -0.3 is 5.32 Å². The molecule has 0 spiro atoms. The largest absolute Gasteiger partial charge is 0.356 e. The molecule has 0 unspecified atom stereocenters. The predicted octanol–water partition coefficient (Wildman–Crippen LogP) is 4.84. The molecule has 0 aromatic heterocycles. The van der Waals surface area contributed by atoms with Gasteiger partial charge in [-0.1, -0.05) is 48.0 Å². The molecule has 0 heterocycles. The van der Waals surface area contributed by atoms with Crippen molar-refractivity contribution in [3.05, 3.63) is 72.3 Å². The highest BCUT2D eigenvalue weighted by molar-refractivity contribution is 5.72. The van der Waals surface area contributed by atoms with Crippen molar-refractivity contribution in [1.29, 1.82) is 0 Å². The maximum Gasteiger partial charge on any atom is 0.0390 e. The lowest BCUT2D eigenvalue weighted by Gasteiger charge is -2.05. The highest BCUT2D eigenvalue weighted by atomic mass is 14.9. The van der Waals surface area contributed by atoms with Gasteiger partial charge in [0.25, 0.3) is 0 Å². The van der Waals surface area contributed by atoms with E-state index in [9.17, 15) is 0 Å². The van der Waals surface area contributed by atoms with Crippen LogP contribution in [0.3, 0.4) is 0 Å². The van der Waals surface area contributed by atoms with Gasteiger partial charge in [-0.25, -0.2) is 0 Å². The quantitative estimate of drug-likeness (QED) is 0.667. The average molecular weight is 233 g/mol. The fraction of sp³-hybridized carbons (Fsp3) is 0.0588. The second-order valence-electron chi connectivity index (χ2n) is 4.55. The molecule has 0 atom stereocenters. The van der Waals surface area contributed by atoms with Crippen molar-refractivity contribution < 1.29 is 0 Å². The first-order valence-electron chi connectivity index (χ1n) is 6.14. The lowest BCUT2D eigenvalue weighted by atomic mass is 10.2. The summed E-state index contributed by atoms with van der Waals surface area (Å²) in [4.78, 5) is 0. The molecule has 0 saturated carbocycles. The lowest BCUT2D eigenvalue weighted by Crippen LogP contribution is -1.88. The van der Waals surface area contributed by atoms with E-state index >= 15 is 0 Å². The SMILES string of the molecule is Cc1ccc(Nc2cccc3cccc-3c2)cc1. The molecule has 88 valence electrons. The van der Waals surface area contributed by atoms with Crippen LogP contribution in [-0.2, 0) is 0 Å². The molecular weight excluding hydrogens is 218 g/mol. The molecule has 0 radical (unpaired) electrons. The number of benzene rings is 1. The first kappa shape index (κ1) is 10.8. The minimum absolute atomic E-state index is 1.11. The van der Waals surface area contributed by atoms with Crippen LogP contribution in [0.4, 0.5) is 11.4 Å². The van der Waals surface area contributed by atoms with Crippen molar-refractivity contribution in [2.24, 2.45) is 0 Å². The molecule has 2 aliphatic carbocycles. The topological polar surface area (TPSA) is 12.0 Å². The molecule has 1 nitrogen and oxygen atoms in total. The first-order chi connectivity index (χ1) is 8.81. The van der Waals surface area contributed by atoms with Crippen molar-refractivity contribution in [3.8, 4) is 11.1 Å². The Morgan fingerprint density at radius 3 is 2.11 bits per heavy atom. The number of anilines is 2. The molecule has 1 aromatic carbocycles. The van der Waals surface area contributed by atoms with E-state index in [1.165, 1.54) is 16.7 Å². The van der Waals surface area contributed by atoms with Crippen molar-refractivity contribution in [2.45, 2.75) is 6.92 Å². The number of hydrogen-bond donors (Lipinski definition) is 1. The molecule has 18 heavy (non-hydrogen) atoms. The van der Waals surface area contributed by atoms with E-state index in [-0.39, 0.29) is 0 Å². The Hall–Kier alpha value is -2.28. The van der Waals surface area contributed by atoms with Gasteiger partial charge in [-0.2, -0.15) is 0 Å². The van der Waals surface area contributed by atoms with Crippen LogP contribution in [0.1, 0.15) is 5.56 Å². The summed E-state index contributed by atoms with van der Waals surface area (Å²) in [6.07, 6.45) is 0. The highest BCUT2D eigenvalue weighted by Crippen LogP contribution is 2.26. The Balaban J connectivity index is 1.93. The van der Waals surface area contributed by atoms with E-state index < -0.39 is 0 Å². The number of hydrogen-bond acceptors (Lipinski definition) is 1. The zero-order valence-corrected chi connectivity index (χ0v) is 10.4. The molecule has 0 bridgehead atoms. The van der Waals surface area contributed by atoms with E-state index in [2.05, 4.69) is 79.0 Å². The van der Waals surface area contributed by atoms with Gasteiger partial charge in [0.2, 0.25) is 0 Å². The summed E-state index contributed by atoms with van der Waals surface area (Å²) in [5.74, 6) is 0. The van der Waals surface area contributed by atoms with Crippen molar-refractivity contribution in [1.82, 2.24) is 0 Å². The second-order valence-corrected chi connectivity index (χ2v) is 4.55. The van der Waals surface area contributed by atoms with E-state index in [0.29, 0.717) is 0 Å². The maximum absolute atomic E-state index is 3.43. The summed E-state index contributed by atoms with van der Waals surface area (Å²) in [6.45, 7) is 2.10. The van der Waals surface area contributed by atoms with Crippen LogP contribution in [0.15, 0.2) is 66.7 Å². The zero-order valence-electron chi connectivity index (χ0n) is 10.4. The normalized spacial score (nSPS) is 10.5. The van der Waals surface area contributed by atoms with Gasteiger partial charge in [0.05, 0.1) is 0 Å². The van der Waals surface area contributed by atoms with Crippen molar-refractivity contribution in [2.75, 3.05) is 5.32 Å². The highest BCUT2D eigenvalue weighted by Gasteiger charge is 2.00. The van der Waals surface area contributed by atoms with Gasteiger partial charge in [0.1, 0.15) is 0 Å². The molecule has 1 heteroatoms. The standard InChI is InChI=1S/C17H15N/c1-13-8-10-16(11-9-13)18-17-7-3-5-14-4-2-6-15(14)12-17/h2-12,18H,1H3. The Kier molecular flexibility index (Phi) is 2.73. The minimum atomic E-state index is 1.11. The monoisotopic (exact) mass is 233 g/mol. The van der Waals surface area contributed by atoms with Gasteiger partial charge in [-0.3, -0.25) is 0 Å². The fourth-order valence-electron chi connectivity index (χ4n) is 2.08. The van der Waals surface area contributed by atoms with Gasteiger partial charge >= 0.3 is 0 Å². The van der Waals surface area contributed by atoms with E-state index in [1.54, 1.807) is 0 Å². The van der Waals surface area contributed by atoms with Gasteiger partial charge in [0, 0.05) is 11.4 Å². The summed E-state index contributed by atoms with van der Waals surface area (Å²) >= 11 is 0. The van der Waals surface area contributed by atoms with E-state index in [0.717, 1.165) is 11.4 Å². The van der Waals surface area contributed by atoms with Crippen LogP contribution >= 0.6 is 0 Å². The molecule has 0 fully saturated rings. The minimum Gasteiger partial charge on any atom is -0.356 e. The third-order valence-electron chi connectivity index (χ3n) is 3.09. The number of rotatable bonds is 2. The molecule has 0 amide bonds. The molecule has 2 aliphatic rings. The second kappa shape index (κ2) is 4.53. The first-order valence-corrected chi connectivity index (χ1v) is 6.14. The van der Waals surface area contributed by atoms with E-state index in [4.69, 9.17) is 0 Å². The predicted molar refractivity (Wildman–Crippen MR) is 77.5 cm³/mol. The summed E-state index contributed by atoms with van der Waals surface area (Å²) in [5, 5.41) is 3.43. The Labute approximate surface area is 107 Å². The number of aryl methyl sites for hydroxylation is 1. The Bertz CT molecular complexity index is 625. The van der Waals surface area contributed by atoms with Gasteiger partial charge in [-0.05, 0) is 42.3 Å². The van der Waals surface area contributed by atoms with Gasteiger partial charge in [-0.15, -0.1) is 0 Å². The van der Waals surface area contributed by atoms with Crippen molar-refractivity contribution >= 4 is 11.4 Å². The third kappa shape index (κ3) is 2.21. The van der Waals surface area contributed by atoms with Crippen molar-refractivity contribution in [3.63, 3.8) is 0 Å². The molecule has 0 aliphatic heterocycles. The van der Waals surface area contributed by atoms with Gasteiger partial charge in [0.15, 0.2) is 0 Å². The third-order valence-corrected chi connectivity index (χ3v) is 3.09. The Morgan fingerprint density at radius 2 is 1.33 bits per heavy atom. The molecule has 3 rings (SSSR count). The van der Waals surface area contributed by atoms with Crippen LogP contribution in [0.25, 0.3) is 11.1 Å². The maximum atomic E-state index is 3.43. The average Bonchev–Trinajstić information content (AvgIpc) is 2.71. The van der Waals surface area contributed by atoms with Crippen LogP contribution in [-0.4, -0.2) is 0 Å². The fourth-order valence-corrected chi connectivity index (χ4v) is 2.08. The summed E-state index contributed by atoms with van der Waals surface area (Å²) in [7, 11) is 0. The molecule has 1 N–H and O–H groups in total. The number of nitrogens with one attached hydrogen (secondary N) is 1. The van der Waals surface area contributed by atoms with Crippen LogP contribution in [0, 0.1) is 6.92 Å². The number of fused-ring (bicyclic) bond motifs is 1. The summed E-state index contributed by atoms with van der Waals surface area (Å²) < 4.78 is 0.